The standard InChI is InChI=1S/C18H21ClN2O2/c1-11-4-3-5-12(2)21(11)18(22)17-9-8-16(23-17)14-7-6-13(19)10-15(14)20/h6-12H,3-5,20H2,1-2H3/t11-,12+. The molecule has 0 radical (unpaired) electrons. The number of nitrogens with two attached hydrogens (primary N) is 1. The normalized spacial score (nSPS) is 21.4. The Morgan fingerprint density at radius 2 is 1.91 bits per heavy atom. The summed E-state index contributed by atoms with van der Waals surface area (Å²) in [6.07, 6.45) is 3.23. The molecule has 5 heteroatoms. The number of benzene rings is 1. The van der Waals surface area contributed by atoms with Crippen LogP contribution in [-0.2, 0) is 0 Å². The first-order valence-electron chi connectivity index (χ1n) is 7.95. The van der Waals surface area contributed by atoms with Crippen molar-refractivity contribution in [3.8, 4) is 11.3 Å². The average molecular weight is 333 g/mol. The number of hydrogen-bond donors (Lipinski definition) is 1. The van der Waals surface area contributed by atoms with Crippen LogP contribution in [0, 0.1) is 0 Å². The Balaban J connectivity index is 1.88. The molecule has 122 valence electrons. The lowest BCUT2D eigenvalue weighted by Crippen LogP contribution is -2.47. The van der Waals surface area contributed by atoms with Crippen LogP contribution in [0.3, 0.4) is 0 Å². The number of amides is 1. The fourth-order valence-corrected chi connectivity index (χ4v) is 3.48. The fourth-order valence-electron chi connectivity index (χ4n) is 3.30. The van der Waals surface area contributed by atoms with E-state index in [0.717, 1.165) is 24.8 Å². The Bertz CT molecular complexity index is 716. The molecule has 2 N–H and O–H groups in total. The van der Waals surface area contributed by atoms with Crippen molar-refractivity contribution in [1.29, 1.82) is 0 Å². The molecule has 0 unspecified atom stereocenters. The van der Waals surface area contributed by atoms with Gasteiger partial charge in [0, 0.05) is 28.4 Å². The highest BCUT2D eigenvalue weighted by molar-refractivity contribution is 6.31. The average Bonchev–Trinajstić information content (AvgIpc) is 2.96. The number of likely N-dealkylation sites (tertiary alicyclic amines) is 1. The predicted octanol–water partition coefficient (Wildman–Crippen LogP) is 4.59. The lowest BCUT2D eigenvalue weighted by Gasteiger charge is -2.38. The minimum Gasteiger partial charge on any atom is -0.451 e. The minimum absolute atomic E-state index is 0.0523. The highest BCUT2D eigenvalue weighted by atomic mass is 35.5. The van der Waals surface area contributed by atoms with Gasteiger partial charge in [-0.2, -0.15) is 0 Å². The number of piperidine rings is 1. The summed E-state index contributed by atoms with van der Waals surface area (Å²) in [5.74, 6) is 0.887. The number of halogens is 1. The predicted molar refractivity (Wildman–Crippen MR) is 92.5 cm³/mol. The molecule has 0 saturated carbocycles. The SMILES string of the molecule is C[C@@H]1CCC[C@H](C)N1C(=O)c1ccc(-c2ccc(Cl)cc2N)o1. The van der Waals surface area contributed by atoms with Crippen molar-refractivity contribution >= 4 is 23.2 Å². The molecule has 2 atom stereocenters. The van der Waals surface area contributed by atoms with E-state index < -0.39 is 0 Å². The molecule has 1 fully saturated rings. The molecule has 0 spiro atoms. The van der Waals surface area contributed by atoms with Gasteiger partial charge in [-0.25, -0.2) is 0 Å². The number of carbonyl (C=O) groups is 1. The van der Waals surface area contributed by atoms with Crippen LogP contribution in [-0.4, -0.2) is 22.9 Å². The zero-order valence-electron chi connectivity index (χ0n) is 13.4. The van der Waals surface area contributed by atoms with E-state index in [1.807, 2.05) is 4.90 Å². The molecule has 1 aliphatic rings. The summed E-state index contributed by atoms with van der Waals surface area (Å²) in [7, 11) is 0. The van der Waals surface area contributed by atoms with Crippen LogP contribution in [0.15, 0.2) is 34.7 Å². The van der Waals surface area contributed by atoms with Crippen molar-refractivity contribution in [2.75, 3.05) is 5.73 Å². The molecule has 3 rings (SSSR count). The summed E-state index contributed by atoms with van der Waals surface area (Å²) >= 11 is 5.92. The molecule has 0 bridgehead atoms. The number of carbonyl (C=O) groups excluding carboxylic acids is 1. The van der Waals surface area contributed by atoms with Gasteiger partial charge in [0.15, 0.2) is 5.76 Å². The molecule has 2 aromatic rings. The summed E-state index contributed by atoms with van der Waals surface area (Å²) in [6.45, 7) is 4.18. The number of anilines is 1. The van der Waals surface area contributed by atoms with Crippen LogP contribution >= 0.6 is 11.6 Å². The van der Waals surface area contributed by atoms with Crippen molar-refractivity contribution in [3.63, 3.8) is 0 Å². The molecule has 1 amide bonds. The third-order valence-corrected chi connectivity index (χ3v) is 4.76. The van der Waals surface area contributed by atoms with Gasteiger partial charge in [0.25, 0.3) is 5.91 Å². The van der Waals surface area contributed by atoms with Gasteiger partial charge in [0.05, 0.1) is 0 Å². The Morgan fingerprint density at radius 3 is 2.57 bits per heavy atom. The van der Waals surface area contributed by atoms with Gasteiger partial charge in [0.1, 0.15) is 5.76 Å². The first-order chi connectivity index (χ1) is 11.0. The topological polar surface area (TPSA) is 59.5 Å². The van der Waals surface area contributed by atoms with Crippen LogP contribution in [0.2, 0.25) is 5.02 Å². The summed E-state index contributed by atoms with van der Waals surface area (Å²) in [4.78, 5) is 14.7. The molecule has 1 aromatic carbocycles. The lowest BCUT2D eigenvalue weighted by atomic mass is 9.97. The van der Waals surface area contributed by atoms with Gasteiger partial charge < -0.3 is 15.1 Å². The smallest absolute Gasteiger partial charge is 0.290 e. The number of nitrogens with zero attached hydrogens (tertiary/aromatic N) is 1. The second kappa shape index (κ2) is 6.28. The Morgan fingerprint density at radius 1 is 1.22 bits per heavy atom. The lowest BCUT2D eigenvalue weighted by molar-refractivity contribution is 0.0479. The van der Waals surface area contributed by atoms with Crippen LogP contribution < -0.4 is 5.73 Å². The Kier molecular flexibility index (Phi) is 4.35. The van der Waals surface area contributed by atoms with Crippen molar-refractivity contribution in [2.45, 2.75) is 45.2 Å². The summed E-state index contributed by atoms with van der Waals surface area (Å²) in [6, 6.07) is 9.21. The molecule has 2 heterocycles. The van der Waals surface area contributed by atoms with E-state index in [-0.39, 0.29) is 18.0 Å². The van der Waals surface area contributed by atoms with Gasteiger partial charge in [-0.05, 0) is 63.4 Å². The van der Waals surface area contributed by atoms with Gasteiger partial charge in [0.2, 0.25) is 0 Å². The zero-order chi connectivity index (χ0) is 16.6. The maximum absolute atomic E-state index is 12.8. The van der Waals surface area contributed by atoms with Crippen LogP contribution in [0.1, 0.15) is 43.7 Å². The Hall–Kier alpha value is -1.94. The molecule has 0 aliphatic carbocycles. The number of furan rings is 1. The molecule has 1 aromatic heterocycles. The van der Waals surface area contributed by atoms with Crippen molar-refractivity contribution in [3.05, 3.63) is 41.1 Å². The van der Waals surface area contributed by atoms with Gasteiger partial charge in [-0.1, -0.05) is 11.6 Å². The third kappa shape index (κ3) is 3.08. The third-order valence-electron chi connectivity index (χ3n) is 4.52. The summed E-state index contributed by atoms with van der Waals surface area (Å²) < 4.78 is 5.79. The first-order valence-corrected chi connectivity index (χ1v) is 8.33. The second-order valence-corrected chi connectivity index (χ2v) is 6.67. The van der Waals surface area contributed by atoms with Crippen molar-refractivity contribution < 1.29 is 9.21 Å². The van der Waals surface area contributed by atoms with Gasteiger partial charge in [-0.15, -0.1) is 0 Å². The van der Waals surface area contributed by atoms with Crippen LogP contribution in [0.4, 0.5) is 5.69 Å². The highest BCUT2D eigenvalue weighted by Crippen LogP contribution is 2.31. The second-order valence-electron chi connectivity index (χ2n) is 6.24. The van der Waals surface area contributed by atoms with E-state index in [1.165, 1.54) is 0 Å². The Labute approximate surface area is 141 Å². The monoisotopic (exact) mass is 332 g/mol. The molecule has 23 heavy (non-hydrogen) atoms. The van der Waals surface area contributed by atoms with Crippen LogP contribution in [0.25, 0.3) is 11.3 Å². The molecule has 1 aliphatic heterocycles. The highest BCUT2D eigenvalue weighted by Gasteiger charge is 2.31. The maximum atomic E-state index is 12.8. The number of hydrogen-bond acceptors (Lipinski definition) is 3. The van der Waals surface area contributed by atoms with E-state index in [2.05, 4.69) is 13.8 Å². The molecular weight excluding hydrogens is 312 g/mol. The first kappa shape index (κ1) is 15.9. The quantitative estimate of drug-likeness (QED) is 0.818. The summed E-state index contributed by atoms with van der Waals surface area (Å²) in [5, 5.41) is 0.574. The molecule has 4 nitrogen and oxygen atoms in total. The number of rotatable bonds is 2. The summed E-state index contributed by atoms with van der Waals surface area (Å²) in [5.41, 5.74) is 7.26. The minimum atomic E-state index is -0.0523. The van der Waals surface area contributed by atoms with Crippen molar-refractivity contribution in [2.24, 2.45) is 0 Å². The van der Waals surface area contributed by atoms with Crippen molar-refractivity contribution in [1.82, 2.24) is 4.90 Å². The van der Waals surface area contributed by atoms with E-state index in [4.69, 9.17) is 21.8 Å². The van der Waals surface area contributed by atoms with E-state index in [0.29, 0.717) is 22.2 Å². The molecule has 1 saturated heterocycles. The number of nitrogen functional groups attached to an aromatic ring is 1. The zero-order valence-corrected chi connectivity index (χ0v) is 14.1. The largest absolute Gasteiger partial charge is 0.451 e. The van der Waals surface area contributed by atoms with E-state index in [9.17, 15) is 4.79 Å². The fraction of sp³-hybridized carbons (Fsp3) is 0.389. The van der Waals surface area contributed by atoms with Crippen LogP contribution in [0.5, 0.6) is 0 Å². The molecular formula is C18H21ClN2O2. The van der Waals surface area contributed by atoms with E-state index >= 15 is 0 Å². The van der Waals surface area contributed by atoms with E-state index in [1.54, 1.807) is 30.3 Å². The maximum Gasteiger partial charge on any atom is 0.290 e. The van der Waals surface area contributed by atoms with Gasteiger partial charge >= 0.3 is 0 Å². The van der Waals surface area contributed by atoms with Gasteiger partial charge in [-0.3, -0.25) is 4.79 Å².